The third kappa shape index (κ3) is 5.84. The van der Waals surface area contributed by atoms with Crippen molar-refractivity contribution < 1.29 is 27.9 Å². The number of carboxylic acids is 1. The third-order valence-electron chi connectivity index (χ3n) is 4.28. The number of alkyl halides is 3. The predicted molar refractivity (Wildman–Crippen MR) is 94.6 cm³/mol. The molecule has 2 aromatic rings. The minimum atomic E-state index is -4.37. The number of carbonyl (C=O) groups is 2. The first kappa shape index (κ1) is 20.5. The zero-order chi connectivity index (χ0) is 20.0. The maximum Gasteiger partial charge on any atom is 0.416 e. The van der Waals surface area contributed by atoms with Crippen LogP contribution < -0.4 is 5.32 Å². The number of aromatic carboxylic acids is 1. The molecular weight excluding hydrogens is 359 g/mol. The van der Waals surface area contributed by atoms with Gasteiger partial charge in [-0.2, -0.15) is 13.2 Å². The second kappa shape index (κ2) is 8.70. The fourth-order valence-electron chi connectivity index (χ4n) is 2.67. The summed E-state index contributed by atoms with van der Waals surface area (Å²) < 4.78 is 37.8. The monoisotopic (exact) mass is 379 g/mol. The van der Waals surface area contributed by atoms with E-state index in [9.17, 15) is 22.8 Å². The van der Waals surface area contributed by atoms with E-state index < -0.39 is 17.7 Å². The van der Waals surface area contributed by atoms with Gasteiger partial charge < -0.3 is 10.4 Å². The SMILES string of the molecule is CC(CNC(=O)CCc1ccccc1C(=O)O)c1ccc(C(F)(F)F)cc1. The van der Waals surface area contributed by atoms with Crippen LogP contribution in [0.25, 0.3) is 0 Å². The van der Waals surface area contributed by atoms with Crippen molar-refractivity contribution in [3.8, 4) is 0 Å². The summed E-state index contributed by atoms with van der Waals surface area (Å²) in [6.07, 6.45) is -3.95. The molecule has 2 N–H and O–H groups in total. The van der Waals surface area contributed by atoms with Gasteiger partial charge in [0, 0.05) is 13.0 Å². The van der Waals surface area contributed by atoms with Crippen LogP contribution in [0, 0.1) is 0 Å². The molecule has 0 fully saturated rings. The molecule has 0 radical (unpaired) electrons. The van der Waals surface area contributed by atoms with E-state index in [0.29, 0.717) is 17.5 Å². The van der Waals surface area contributed by atoms with Crippen molar-refractivity contribution in [2.45, 2.75) is 31.9 Å². The highest BCUT2D eigenvalue weighted by atomic mass is 19.4. The summed E-state index contributed by atoms with van der Waals surface area (Å²) in [4.78, 5) is 23.2. The van der Waals surface area contributed by atoms with Gasteiger partial charge in [-0.1, -0.05) is 37.3 Å². The molecule has 0 heterocycles. The van der Waals surface area contributed by atoms with Crippen LogP contribution >= 0.6 is 0 Å². The second-order valence-electron chi connectivity index (χ2n) is 6.29. The van der Waals surface area contributed by atoms with Crippen LogP contribution in [0.2, 0.25) is 0 Å². The molecule has 0 saturated heterocycles. The third-order valence-corrected chi connectivity index (χ3v) is 4.28. The van der Waals surface area contributed by atoms with Crippen LogP contribution in [0.4, 0.5) is 13.2 Å². The zero-order valence-corrected chi connectivity index (χ0v) is 14.7. The van der Waals surface area contributed by atoms with Crippen molar-refractivity contribution >= 4 is 11.9 Å². The summed E-state index contributed by atoms with van der Waals surface area (Å²) in [7, 11) is 0. The maximum atomic E-state index is 12.6. The molecule has 0 saturated carbocycles. The van der Waals surface area contributed by atoms with E-state index in [1.165, 1.54) is 18.2 Å². The van der Waals surface area contributed by atoms with Gasteiger partial charge in [0.05, 0.1) is 11.1 Å². The number of hydrogen-bond acceptors (Lipinski definition) is 2. The highest BCUT2D eigenvalue weighted by Gasteiger charge is 2.30. The van der Waals surface area contributed by atoms with Gasteiger partial charge in [0.1, 0.15) is 0 Å². The number of halogens is 3. The van der Waals surface area contributed by atoms with Gasteiger partial charge in [-0.25, -0.2) is 4.79 Å². The lowest BCUT2D eigenvalue weighted by Crippen LogP contribution is -2.27. The van der Waals surface area contributed by atoms with E-state index in [1.807, 2.05) is 6.92 Å². The molecule has 0 spiro atoms. The van der Waals surface area contributed by atoms with Crippen molar-refractivity contribution in [1.29, 1.82) is 0 Å². The Morgan fingerprint density at radius 1 is 1.07 bits per heavy atom. The molecular formula is C20H20F3NO3. The van der Waals surface area contributed by atoms with E-state index >= 15 is 0 Å². The largest absolute Gasteiger partial charge is 0.478 e. The van der Waals surface area contributed by atoms with Crippen LogP contribution in [0.1, 0.15) is 46.3 Å². The summed E-state index contributed by atoms with van der Waals surface area (Å²) in [6.45, 7) is 2.09. The Morgan fingerprint density at radius 2 is 1.70 bits per heavy atom. The molecule has 7 heteroatoms. The normalized spacial score (nSPS) is 12.4. The number of amides is 1. The molecule has 2 rings (SSSR count). The van der Waals surface area contributed by atoms with E-state index in [-0.39, 0.29) is 30.4 Å². The van der Waals surface area contributed by atoms with Crippen LogP contribution in [0.15, 0.2) is 48.5 Å². The lowest BCUT2D eigenvalue weighted by Gasteiger charge is -2.14. The van der Waals surface area contributed by atoms with Gasteiger partial charge in [0.2, 0.25) is 5.91 Å². The molecule has 1 unspecified atom stereocenters. The Kier molecular flexibility index (Phi) is 6.60. The van der Waals surface area contributed by atoms with Crippen molar-refractivity contribution in [2.24, 2.45) is 0 Å². The second-order valence-corrected chi connectivity index (χ2v) is 6.29. The topological polar surface area (TPSA) is 66.4 Å². The Bertz CT molecular complexity index is 801. The highest BCUT2D eigenvalue weighted by molar-refractivity contribution is 5.89. The molecule has 0 aromatic heterocycles. The smallest absolute Gasteiger partial charge is 0.416 e. The van der Waals surface area contributed by atoms with Gasteiger partial charge in [0.25, 0.3) is 0 Å². The number of carboxylic acid groups (broad SMARTS) is 1. The van der Waals surface area contributed by atoms with E-state index in [2.05, 4.69) is 5.32 Å². The number of rotatable bonds is 7. The van der Waals surface area contributed by atoms with Gasteiger partial charge in [-0.3, -0.25) is 4.79 Å². The minimum Gasteiger partial charge on any atom is -0.478 e. The molecule has 2 aromatic carbocycles. The average Bonchev–Trinajstić information content (AvgIpc) is 2.64. The number of hydrogen-bond donors (Lipinski definition) is 2. The van der Waals surface area contributed by atoms with E-state index in [4.69, 9.17) is 5.11 Å². The minimum absolute atomic E-state index is 0.129. The summed E-state index contributed by atoms with van der Waals surface area (Å²) >= 11 is 0. The van der Waals surface area contributed by atoms with E-state index in [0.717, 1.165) is 12.1 Å². The molecule has 0 aliphatic heterocycles. The molecule has 0 aliphatic rings. The van der Waals surface area contributed by atoms with Gasteiger partial charge in [-0.15, -0.1) is 0 Å². The number of benzene rings is 2. The number of nitrogens with one attached hydrogen (secondary N) is 1. The molecule has 1 atom stereocenters. The first-order chi connectivity index (χ1) is 12.7. The van der Waals surface area contributed by atoms with Gasteiger partial charge >= 0.3 is 12.1 Å². The van der Waals surface area contributed by atoms with Crippen molar-refractivity contribution in [3.05, 3.63) is 70.8 Å². The van der Waals surface area contributed by atoms with E-state index in [1.54, 1.807) is 18.2 Å². The Balaban J connectivity index is 1.86. The van der Waals surface area contributed by atoms with Crippen LogP contribution in [0.3, 0.4) is 0 Å². The lowest BCUT2D eigenvalue weighted by atomic mass is 9.99. The van der Waals surface area contributed by atoms with Gasteiger partial charge in [-0.05, 0) is 41.7 Å². The molecule has 144 valence electrons. The quantitative estimate of drug-likeness (QED) is 0.756. The van der Waals surface area contributed by atoms with Gasteiger partial charge in [0.15, 0.2) is 0 Å². The van der Waals surface area contributed by atoms with Crippen LogP contribution in [0.5, 0.6) is 0 Å². The number of carbonyl (C=O) groups excluding carboxylic acids is 1. The number of aryl methyl sites for hydroxylation is 1. The van der Waals surface area contributed by atoms with Crippen molar-refractivity contribution in [3.63, 3.8) is 0 Å². The lowest BCUT2D eigenvalue weighted by molar-refractivity contribution is -0.137. The first-order valence-electron chi connectivity index (χ1n) is 8.43. The van der Waals surface area contributed by atoms with Crippen LogP contribution in [-0.4, -0.2) is 23.5 Å². The first-order valence-corrected chi connectivity index (χ1v) is 8.43. The molecule has 1 amide bonds. The molecule has 0 bridgehead atoms. The molecule has 4 nitrogen and oxygen atoms in total. The molecule has 0 aliphatic carbocycles. The highest BCUT2D eigenvalue weighted by Crippen LogP contribution is 2.30. The summed E-state index contributed by atoms with van der Waals surface area (Å²) in [5, 5.41) is 11.9. The van der Waals surface area contributed by atoms with Crippen LogP contribution in [-0.2, 0) is 17.4 Å². The average molecular weight is 379 g/mol. The standard InChI is InChI=1S/C20H20F3NO3/c1-13(14-6-9-16(10-7-14)20(21,22)23)12-24-18(25)11-8-15-4-2-3-5-17(15)19(26)27/h2-7,9-10,13H,8,11-12H2,1H3,(H,24,25)(H,26,27). The summed E-state index contributed by atoms with van der Waals surface area (Å²) in [5.74, 6) is -1.43. The summed E-state index contributed by atoms with van der Waals surface area (Å²) in [6, 6.07) is 11.4. The van der Waals surface area contributed by atoms with Crippen molar-refractivity contribution in [2.75, 3.05) is 6.54 Å². The Hall–Kier alpha value is -2.83. The zero-order valence-electron chi connectivity index (χ0n) is 14.7. The maximum absolute atomic E-state index is 12.6. The Labute approximate surface area is 155 Å². The fraction of sp³-hybridized carbons (Fsp3) is 0.300. The fourth-order valence-corrected chi connectivity index (χ4v) is 2.67. The predicted octanol–water partition coefficient (Wildman–Crippen LogP) is 4.26. The molecule has 27 heavy (non-hydrogen) atoms. The Morgan fingerprint density at radius 3 is 2.30 bits per heavy atom. The summed E-state index contributed by atoms with van der Waals surface area (Å²) in [5.41, 5.74) is 0.735. The van der Waals surface area contributed by atoms with Crippen molar-refractivity contribution in [1.82, 2.24) is 5.32 Å².